The van der Waals surface area contributed by atoms with Crippen molar-refractivity contribution >= 4 is 22.6 Å². The fourth-order valence-electron chi connectivity index (χ4n) is 2.99. The number of carbonyl (C=O) groups is 1. The van der Waals surface area contributed by atoms with Crippen LogP contribution in [0.4, 0.5) is 5.82 Å². The monoisotopic (exact) mass is 380 g/mol. The summed E-state index contributed by atoms with van der Waals surface area (Å²) < 4.78 is 7.56. The van der Waals surface area contributed by atoms with E-state index in [9.17, 15) is 4.79 Å². The molecular weight excluding hydrogens is 352 g/mol. The second-order valence-electron chi connectivity index (χ2n) is 7.52. The maximum atomic E-state index is 11.9. The van der Waals surface area contributed by atoms with Gasteiger partial charge in [0.25, 0.3) is 0 Å². The Bertz CT molecular complexity index is 971. The van der Waals surface area contributed by atoms with Crippen LogP contribution in [0.2, 0.25) is 0 Å². The number of nitrogens with zero attached hydrogens (tertiary/aromatic N) is 3. The van der Waals surface area contributed by atoms with Gasteiger partial charge in [0.15, 0.2) is 0 Å². The van der Waals surface area contributed by atoms with Gasteiger partial charge in [-0.2, -0.15) is 0 Å². The average Bonchev–Trinajstić information content (AvgIpc) is 3.46. The topological polar surface area (TPSA) is 59.4 Å². The van der Waals surface area contributed by atoms with E-state index >= 15 is 0 Å². The fraction of sp³-hybridized carbons (Fsp3) is 0.364. The molecule has 0 unspecified atom stereocenters. The lowest BCUT2D eigenvalue weighted by Crippen LogP contribution is -2.14. The molecule has 28 heavy (non-hydrogen) atoms. The molecule has 4 rings (SSSR count). The second kappa shape index (κ2) is 8.44. The third-order valence-corrected chi connectivity index (χ3v) is 4.51. The average molecular weight is 380 g/mol. The van der Waals surface area contributed by atoms with Crippen molar-refractivity contribution in [2.24, 2.45) is 13.0 Å². The number of hydrogen-bond donors (Lipinski definition) is 1. The number of nitrogens with one attached hydrogen (secondary N) is 1. The number of carbonyl (C=O) groups excluding carboxylic acids is 1. The molecule has 1 N–H and O–H groups in total. The second-order valence-corrected chi connectivity index (χ2v) is 7.52. The molecule has 2 heterocycles. The van der Waals surface area contributed by atoms with Crippen LogP contribution in [0.3, 0.4) is 0 Å². The van der Waals surface area contributed by atoms with Crippen molar-refractivity contribution in [2.75, 3.05) is 33.6 Å². The Kier molecular flexibility index (Phi) is 5.99. The molecule has 148 valence electrons. The Balaban J connectivity index is 0.000000516. The summed E-state index contributed by atoms with van der Waals surface area (Å²) in [5.74, 6) is 1.68. The molecule has 2 aromatic heterocycles. The molecule has 0 bridgehead atoms. The van der Waals surface area contributed by atoms with Gasteiger partial charge in [-0.25, -0.2) is 4.98 Å². The summed E-state index contributed by atoms with van der Waals surface area (Å²) in [6.45, 7) is 0. The first kappa shape index (κ1) is 19.9. The van der Waals surface area contributed by atoms with Gasteiger partial charge in [-0.05, 0) is 58.3 Å². The van der Waals surface area contributed by atoms with Crippen LogP contribution in [-0.2, 0) is 11.8 Å². The molecule has 1 saturated carbocycles. The van der Waals surface area contributed by atoms with Crippen LogP contribution in [-0.4, -0.2) is 48.6 Å². The summed E-state index contributed by atoms with van der Waals surface area (Å²) >= 11 is 0. The predicted octanol–water partition coefficient (Wildman–Crippen LogP) is 3.78. The van der Waals surface area contributed by atoms with E-state index in [-0.39, 0.29) is 11.8 Å². The smallest absolute Gasteiger partial charge is 0.228 e. The summed E-state index contributed by atoms with van der Waals surface area (Å²) in [6, 6.07) is 12.0. The number of para-hydroxylation sites is 1. The van der Waals surface area contributed by atoms with Crippen LogP contribution >= 0.6 is 0 Å². The standard InChI is InChI=1S/C19H19N3O2.C3H9N/c1-22-15(14-5-3-4-6-17(14)24-2)9-13-10-18(20-11-16(13)22)21-19(23)12-7-8-12;1-4(2)3/h3-6,9-12H,7-8H2,1-2H3,(H,20,21,23);1-3H3. The number of aromatic nitrogens is 2. The molecule has 1 amide bonds. The van der Waals surface area contributed by atoms with Gasteiger partial charge in [-0.1, -0.05) is 12.1 Å². The van der Waals surface area contributed by atoms with Gasteiger partial charge in [0.2, 0.25) is 5.91 Å². The molecule has 0 spiro atoms. The first-order chi connectivity index (χ1) is 13.4. The maximum absolute atomic E-state index is 11.9. The van der Waals surface area contributed by atoms with E-state index in [4.69, 9.17) is 4.74 Å². The minimum absolute atomic E-state index is 0.0720. The minimum Gasteiger partial charge on any atom is -0.496 e. The van der Waals surface area contributed by atoms with Gasteiger partial charge in [0.05, 0.1) is 24.5 Å². The zero-order chi connectivity index (χ0) is 20.3. The molecule has 0 saturated heterocycles. The molecule has 6 nitrogen and oxygen atoms in total. The van der Waals surface area contributed by atoms with Crippen LogP contribution in [0, 0.1) is 5.92 Å². The van der Waals surface area contributed by atoms with Crippen molar-refractivity contribution in [3.8, 4) is 17.0 Å². The Hall–Kier alpha value is -2.86. The molecule has 1 fully saturated rings. The van der Waals surface area contributed by atoms with Crippen LogP contribution in [0.15, 0.2) is 42.6 Å². The predicted molar refractivity (Wildman–Crippen MR) is 114 cm³/mol. The van der Waals surface area contributed by atoms with Gasteiger partial charge < -0.3 is 19.5 Å². The van der Waals surface area contributed by atoms with E-state index in [1.54, 1.807) is 13.3 Å². The number of hydrogen-bond acceptors (Lipinski definition) is 4. The lowest BCUT2D eigenvalue weighted by molar-refractivity contribution is -0.117. The molecule has 3 aromatic rings. The number of methoxy groups -OCH3 is 1. The summed E-state index contributed by atoms with van der Waals surface area (Å²) in [6.07, 6.45) is 3.77. The largest absolute Gasteiger partial charge is 0.496 e. The number of aryl methyl sites for hydroxylation is 1. The first-order valence-corrected chi connectivity index (χ1v) is 9.41. The van der Waals surface area contributed by atoms with Gasteiger partial charge in [-0.15, -0.1) is 0 Å². The normalized spacial score (nSPS) is 13.2. The van der Waals surface area contributed by atoms with Crippen molar-refractivity contribution in [1.29, 1.82) is 0 Å². The lowest BCUT2D eigenvalue weighted by Gasteiger charge is -2.09. The van der Waals surface area contributed by atoms with Gasteiger partial charge in [-0.3, -0.25) is 4.79 Å². The number of anilines is 1. The van der Waals surface area contributed by atoms with E-state index in [2.05, 4.69) is 20.9 Å². The Morgan fingerprint density at radius 2 is 1.89 bits per heavy atom. The van der Waals surface area contributed by atoms with E-state index in [1.165, 1.54) is 0 Å². The summed E-state index contributed by atoms with van der Waals surface area (Å²) in [4.78, 5) is 18.3. The lowest BCUT2D eigenvalue weighted by atomic mass is 10.1. The van der Waals surface area contributed by atoms with Crippen molar-refractivity contribution in [2.45, 2.75) is 12.8 Å². The highest BCUT2D eigenvalue weighted by molar-refractivity contribution is 5.96. The third kappa shape index (κ3) is 4.51. The number of ether oxygens (including phenoxy) is 1. The zero-order valence-electron chi connectivity index (χ0n) is 17.2. The van der Waals surface area contributed by atoms with Crippen LogP contribution in [0.1, 0.15) is 12.8 Å². The summed E-state index contributed by atoms with van der Waals surface area (Å²) in [7, 11) is 9.68. The minimum atomic E-state index is 0.0720. The summed E-state index contributed by atoms with van der Waals surface area (Å²) in [5, 5.41) is 3.94. The molecule has 0 atom stereocenters. The van der Waals surface area contributed by atoms with E-state index < -0.39 is 0 Å². The van der Waals surface area contributed by atoms with Gasteiger partial charge >= 0.3 is 0 Å². The van der Waals surface area contributed by atoms with Crippen molar-refractivity contribution in [1.82, 2.24) is 14.5 Å². The molecule has 1 aliphatic carbocycles. The highest BCUT2D eigenvalue weighted by Gasteiger charge is 2.29. The zero-order valence-corrected chi connectivity index (χ0v) is 17.2. The molecule has 6 heteroatoms. The molecular formula is C22H28N4O2. The van der Waals surface area contributed by atoms with Crippen molar-refractivity contribution < 1.29 is 9.53 Å². The van der Waals surface area contributed by atoms with E-state index in [1.807, 2.05) is 63.4 Å². The van der Waals surface area contributed by atoms with Gasteiger partial charge in [0.1, 0.15) is 11.6 Å². The van der Waals surface area contributed by atoms with E-state index in [0.717, 1.165) is 40.8 Å². The molecule has 1 aliphatic rings. The SMILES string of the molecule is CN(C)C.COc1ccccc1-c1cc2cc(NC(=O)C3CC3)ncc2n1C. The van der Waals surface area contributed by atoms with Crippen LogP contribution < -0.4 is 10.1 Å². The number of fused-ring (bicyclic) bond motifs is 1. The molecule has 0 radical (unpaired) electrons. The van der Waals surface area contributed by atoms with Gasteiger partial charge in [0, 0.05) is 23.9 Å². The highest BCUT2D eigenvalue weighted by Crippen LogP contribution is 2.34. The first-order valence-electron chi connectivity index (χ1n) is 9.41. The van der Waals surface area contributed by atoms with Crippen molar-refractivity contribution in [3.05, 3.63) is 42.6 Å². The number of benzene rings is 1. The molecule has 1 aromatic carbocycles. The third-order valence-electron chi connectivity index (χ3n) is 4.51. The summed E-state index contributed by atoms with van der Waals surface area (Å²) in [5.41, 5.74) is 3.09. The quantitative estimate of drug-likeness (QED) is 0.748. The Morgan fingerprint density at radius 1 is 1.21 bits per heavy atom. The number of pyridine rings is 1. The number of amides is 1. The maximum Gasteiger partial charge on any atom is 0.228 e. The number of rotatable bonds is 4. The van der Waals surface area contributed by atoms with Crippen LogP contribution in [0.25, 0.3) is 22.2 Å². The van der Waals surface area contributed by atoms with Crippen molar-refractivity contribution in [3.63, 3.8) is 0 Å². The molecule has 0 aliphatic heterocycles. The Morgan fingerprint density at radius 3 is 2.54 bits per heavy atom. The fourth-order valence-corrected chi connectivity index (χ4v) is 2.99. The van der Waals surface area contributed by atoms with Crippen LogP contribution in [0.5, 0.6) is 5.75 Å². The Labute approximate surface area is 166 Å². The van der Waals surface area contributed by atoms with E-state index in [0.29, 0.717) is 5.82 Å². The highest BCUT2D eigenvalue weighted by atomic mass is 16.5.